The fourth-order valence-corrected chi connectivity index (χ4v) is 4.38. The molecule has 1 aliphatic carbocycles. The first kappa shape index (κ1) is 16.1. The van der Waals surface area contributed by atoms with E-state index in [9.17, 15) is 5.11 Å². The van der Waals surface area contributed by atoms with Crippen molar-refractivity contribution in [2.24, 2.45) is 5.41 Å². The van der Waals surface area contributed by atoms with E-state index in [2.05, 4.69) is 31.2 Å². The third kappa shape index (κ3) is 2.41. The van der Waals surface area contributed by atoms with Crippen molar-refractivity contribution in [1.82, 2.24) is 0 Å². The Labute approximate surface area is 148 Å². The summed E-state index contributed by atoms with van der Waals surface area (Å²) in [5.74, 6) is -0.0557. The Morgan fingerprint density at radius 1 is 0.760 bits per heavy atom. The Bertz CT molecular complexity index is 789. The molecule has 0 spiro atoms. The van der Waals surface area contributed by atoms with Crippen molar-refractivity contribution in [3.63, 3.8) is 0 Å². The van der Waals surface area contributed by atoms with Gasteiger partial charge < -0.3 is 10.2 Å². The molecule has 0 aliphatic heterocycles. The number of aliphatic hydroxyl groups is 1. The molecule has 25 heavy (non-hydrogen) atoms. The smallest absolute Gasteiger partial charge is 0.189 e. The second kappa shape index (κ2) is 6.14. The Morgan fingerprint density at radius 2 is 1.20 bits per heavy atom. The first-order valence-electron chi connectivity index (χ1n) is 8.72. The minimum absolute atomic E-state index is 0.0557. The van der Waals surface area contributed by atoms with Crippen molar-refractivity contribution in [3.05, 3.63) is 107 Å². The Hall–Kier alpha value is -2.42. The van der Waals surface area contributed by atoms with Crippen LogP contribution in [0.5, 0.6) is 0 Å². The van der Waals surface area contributed by atoms with Crippen molar-refractivity contribution in [1.29, 1.82) is 0 Å². The van der Waals surface area contributed by atoms with Crippen molar-refractivity contribution in [2.45, 2.75) is 25.0 Å². The highest BCUT2D eigenvalue weighted by atomic mass is 16.3. The Balaban J connectivity index is 1.91. The summed E-state index contributed by atoms with van der Waals surface area (Å²) in [4.78, 5) is 0. The number of rotatable bonds is 3. The highest BCUT2D eigenvalue weighted by molar-refractivity contribution is 5.45. The second-order valence-corrected chi connectivity index (χ2v) is 7.08. The van der Waals surface area contributed by atoms with E-state index in [1.807, 2.05) is 60.7 Å². The molecule has 4 rings (SSSR count). The standard InChI is InChI=1S/C23H22O2/c1-23(21(24)18-14-8-9-15-19(18)22(23)25)20(16-10-4-2-5-11-16)17-12-6-3-7-13-17/h2-15,20-22,24-25H,1H3/p+1. The number of benzene rings is 3. The minimum Gasteiger partial charge on any atom is -0.439 e. The van der Waals surface area contributed by atoms with Gasteiger partial charge in [-0.1, -0.05) is 84.9 Å². The highest BCUT2D eigenvalue weighted by Crippen LogP contribution is 2.61. The molecule has 0 radical (unpaired) electrons. The largest absolute Gasteiger partial charge is 0.439 e. The molecule has 0 fully saturated rings. The molecule has 0 saturated carbocycles. The highest BCUT2D eigenvalue weighted by Gasteiger charge is 2.57. The van der Waals surface area contributed by atoms with Gasteiger partial charge in [0.15, 0.2) is 6.10 Å². The summed E-state index contributed by atoms with van der Waals surface area (Å²) in [6, 6.07) is 28.4. The quantitative estimate of drug-likeness (QED) is 0.713. The predicted molar refractivity (Wildman–Crippen MR) is 101 cm³/mol. The van der Waals surface area contributed by atoms with Crippen LogP contribution in [0.1, 0.15) is 47.3 Å². The molecule has 0 aromatic heterocycles. The van der Waals surface area contributed by atoms with Crippen LogP contribution in [0, 0.1) is 5.41 Å². The van der Waals surface area contributed by atoms with Gasteiger partial charge in [-0.15, -0.1) is 0 Å². The average molecular weight is 331 g/mol. The van der Waals surface area contributed by atoms with E-state index in [1.165, 1.54) is 0 Å². The zero-order valence-corrected chi connectivity index (χ0v) is 14.3. The lowest BCUT2D eigenvalue weighted by Gasteiger charge is -2.38. The molecule has 2 unspecified atom stereocenters. The van der Waals surface area contributed by atoms with Crippen molar-refractivity contribution >= 4 is 0 Å². The van der Waals surface area contributed by atoms with E-state index >= 15 is 0 Å². The van der Waals surface area contributed by atoms with Gasteiger partial charge in [-0.05, 0) is 23.6 Å². The van der Waals surface area contributed by atoms with Gasteiger partial charge >= 0.3 is 0 Å². The molecule has 0 amide bonds. The van der Waals surface area contributed by atoms with Gasteiger partial charge in [0.25, 0.3) is 0 Å². The normalized spacial score (nSPS) is 25.1. The third-order valence-corrected chi connectivity index (χ3v) is 5.70. The summed E-state index contributed by atoms with van der Waals surface area (Å²) in [5, 5.41) is 20.2. The zero-order chi connectivity index (χ0) is 17.4. The summed E-state index contributed by atoms with van der Waals surface area (Å²) in [6.45, 7) is 2.06. The lowest BCUT2D eigenvalue weighted by Crippen LogP contribution is -2.34. The van der Waals surface area contributed by atoms with E-state index in [-0.39, 0.29) is 5.92 Å². The molecule has 0 saturated heterocycles. The minimum atomic E-state index is -0.670. The van der Waals surface area contributed by atoms with Crippen LogP contribution in [-0.2, 0) is 0 Å². The summed E-state index contributed by atoms with van der Waals surface area (Å²) in [7, 11) is 0. The van der Waals surface area contributed by atoms with E-state index < -0.39 is 17.6 Å². The summed E-state index contributed by atoms with van der Waals surface area (Å²) < 4.78 is 0. The van der Waals surface area contributed by atoms with Crippen LogP contribution in [0.3, 0.4) is 0 Å². The maximum Gasteiger partial charge on any atom is 0.189 e. The van der Waals surface area contributed by atoms with Crippen LogP contribution in [0.15, 0.2) is 84.9 Å². The molecule has 1 aliphatic rings. The molecular weight excluding hydrogens is 308 g/mol. The van der Waals surface area contributed by atoms with Gasteiger partial charge in [-0.3, -0.25) is 0 Å². The Kier molecular flexibility index (Phi) is 3.95. The van der Waals surface area contributed by atoms with Crippen LogP contribution in [0.2, 0.25) is 0 Å². The molecule has 3 aromatic rings. The topological polar surface area (TPSA) is 43.1 Å². The van der Waals surface area contributed by atoms with E-state index in [0.717, 1.165) is 22.3 Å². The molecule has 0 heterocycles. The van der Waals surface area contributed by atoms with Gasteiger partial charge in [0, 0.05) is 11.5 Å². The SMILES string of the molecule is C[C@@]1(C(c2ccccc2)c2ccccc2)C(O)c2ccccc2C1[OH2+]. The Morgan fingerprint density at radius 3 is 1.68 bits per heavy atom. The molecule has 2 heteroatoms. The van der Waals surface area contributed by atoms with Crippen LogP contribution < -0.4 is 0 Å². The van der Waals surface area contributed by atoms with Crippen LogP contribution in [-0.4, -0.2) is 10.2 Å². The molecule has 3 N–H and O–H groups in total. The first-order valence-corrected chi connectivity index (χ1v) is 8.72. The number of fused-ring (bicyclic) bond motifs is 1. The maximum atomic E-state index is 11.2. The van der Waals surface area contributed by atoms with Crippen LogP contribution in [0.4, 0.5) is 0 Å². The number of aliphatic hydroxyl groups excluding tert-OH is 1. The summed E-state index contributed by atoms with van der Waals surface area (Å²) in [5.41, 5.74) is 3.48. The van der Waals surface area contributed by atoms with Crippen molar-refractivity contribution in [3.8, 4) is 0 Å². The van der Waals surface area contributed by atoms with E-state index in [4.69, 9.17) is 5.11 Å². The summed E-state index contributed by atoms with van der Waals surface area (Å²) in [6.07, 6.45) is -1.15. The lowest BCUT2D eigenvalue weighted by atomic mass is 9.65. The fraction of sp³-hybridized carbons (Fsp3) is 0.217. The van der Waals surface area contributed by atoms with Gasteiger partial charge in [0.2, 0.25) is 0 Å². The molecular formula is C23H23O2+. The lowest BCUT2D eigenvalue weighted by molar-refractivity contribution is -0.0517. The van der Waals surface area contributed by atoms with Crippen LogP contribution >= 0.6 is 0 Å². The fourth-order valence-electron chi connectivity index (χ4n) is 4.38. The molecule has 2 nitrogen and oxygen atoms in total. The van der Waals surface area contributed by atoms with E-state index in [1.54, 1.807) is 0 Å². The van der Waals surface area contributed by atoms with Gasteiger partial charge in [-0.25, -0.2) is 0 Å². The van der Waals surface area contributed by atoms with E-state index in [0.29, 0.717) is 0 Å². The zero-order valence-electron chi connectivity index (χ0n) is 14.3. The van der Waals surface area contributed by atoms with Gasteiger partial charge in [0.05, 0.1) is 11.5 Å². The third-order valence-electron chi connectivity index (χ3n) is 5.70. The van der Waals surface area contributed by atoms with Gasteiger partial charge in [-0.2, -0.15) is 0 Å². The number of hydrogen-bond acceptors (Lipinski definition) is 1. The van der Waals surface area contributed by atoms with Crippen LogP contribution in [0.25, 0.3) is 0 Å². The van der Waals surface area contributed by atoms with Gasteiger partial charge in [0.1, 0.15) is 0 Å². The van der Waals surface area contributed by atoms with Crippen molar-refractivity contribution < 1.29 is 10.2 Å². The maximum absolute atomic E-state index is 11.2. The summed E-state index contributed by atoms with van der Waals surface area (Å²) >= 11 is 0. The monoisotopic (exact) mass is 331 g/mol. The molecule has 3 aromatic carbocycles. The van der Waals surface area contributed by atoms with Crippen molar-refractivity contribution in [2.75, 3.05) is 0 Å². The second-order valence-electron chi connectivity index (χ2n) is 7.08. The number of hydrogen-bond donors (Lipinski definition) is 1. The molecule has 126 valence electrons. The first-order chi connectivity index (χ1) is 12.1. The predicted octanol–water partition coefficient (Wildman–Crippen LogP) is 4.34. The average Bonchev–Trinajstić information content (AvgIpc) is 2.86. The molecule has 3 atom stereocenters. The molecule has 0 bridgehead atoms.